The highest BCUT2D eigenvalue weighted by Crippen LogP contribution is 2.15. The van der Waals surface area contributed by atoms with Crippen molar-refractivity contribution in [3.05, 3.63) is 11.6 Å². The first-order valence-electron chi connectivity index (χ1n) is 5.82. The molecular formula is C11H16N4O2S. The van der Waals surface area contributed by atoms with Gasteiger partial charge in [-0.05, 0) is 13.8 Å². The van der Waals surface area contributed by atoms with Gasteiger partial charge in [-0.2, -0.15) is 0 Å². The number of thiazole rings is 1. The number of rotatable bonds is 3. The molecule has 0 aromatic carbocycles. The van der Waals surface area contributed by atoms with E-state index in [9.17, 15) is 9.59 Å². The number of likely N-dealkylation sites (tertiary alicyclic amines) is 1. The maximum Gasteiger partial charge on any atom is 0.321 e. The van der Waals surface area contributed by atoms with Gasteiger partial charge < -0.3 is 10.2 Å². The molecule has 1 atom stereocenters. The number of carbonyl (C=O) groups excluding carboxylic acids is 2. The van der Waals surface area contributed by atoms with E-state index < -0.39 is 0 Å². The van der Waals surface area contributed by atoms with Crippen LogP contribution in [0.3, 0.4) is 0 Å². The molecule has 18 heavy (non-hydrogen) atoms. The standard InChI is InChI=1S/C11H16N4O2S/c1-7(2)15-6-8(5-9(15)16)13-10(17)14-11-12-3-4-18-11/h3-4,7-8H,5-6H2,1-2H3,(H2,12,13,14,17). The number of nitrogens with zero attached hydrogens (tertiary/aromatic N) is 2. The van der Waals surface area contributed by atoms with Crippen LogP contribution in [0.4, 0.5) is 9.93 Å². The summed E-state index contributed by atoms with van der Waals surface area (Å²) in [6.07, 6.45) is 1.99. The van der Waals surface area contributed by atoms with E-state index in [2.05, 4.69) is 15.6 Å². The lowest BCUT2D eigenvalue weighted by atomic mass is 10.3. The van der Waals surface area contributed by atoms with Crippen LogP contribution in [-0.2, 0) is 4.79 Å². The van der Waals surface area contributed by atoms with Crippen LogP contribution in [-0.4, -0.2) is 40.5 Å². The van der Waals surface area contributed by atoms with Crippen LogP contribution in [0.15, 0.2) is 11.6 Å². The molecule has 1 unspecified atom stereocenters. The average Bonchev–Trinajstić information content (AvgIpc) is 2.88. The van der Waals surface area contributed by atoms with E-state index in [0.29, 0.717) is 18.1 Å². The zero-order valence-electron chi connectivity index (χ0n) is 10.3. The SMILES string of the molecule is CC(C)N1CC(NC(=O)Nc2nccs2)CC1=O. The van der Waals surface area contributed by atoms with Gasteiger partial charge in [-0.1, -0.05) is 0 Å². The van der Waals surface area contributed by atoms with Crippen LogP contribution >= 0.6 is 11.3 Å². The minimum Gasteiger partial charge on any atom is -0.338 e. The first-order valence-corrected chi connectivity index (χ1v) is 6.70. The fourth-order valence-electron chi connectivity index (χ4n) is 1.93. The first-order chi connectivity index (χ1) is 8.56. The third-order valence-corrected chi connectivity index (χ3v) is 3.46. The molecule has 1 aliphatic heterocycles. The maximum atomic E-state index is 11.7. The summed E-state index contributed by atoms with van der Waals surface area (Å²) >= 11 is 1.35. The van der Waals surface area contributed by atoms with E-state index in [1.54, 1.807) is 16.5 Å². The average molecular weight is 268 g/mol. The van der Waals surface area contributed by atoms with Crippen molar-refractivity contribution < 1.29 is 9.59 Å². The molecule has 1 aliphatic rings. The van der Waals surface area contributed by atoms with Crippen molar-refractivity contribution in [2.24, 2.45) is 0 Å². The Labute approximate surface area is 109 Å². The summed E-state index contributed by atoms with van der Waals surface area (Å²) in [6.45, 7) is 4.51. The first kappa shape index (κ1) is 12.8. The van der Waals surface area contributed by atoms with Gasteiger partial charge in [-0.25, -0.2) is 9.78 Å². The fourth-order valence-corrected chi connectivity index (χ4v) is 2.46. The number of aromatic nitrogens is 1. The lowest BCUT2D eigenvalue weighted by Gasteiger charge is -2.21. The van der Waals surface area contributed by atoms with Crippen molar-refractivity contribution in [2.45, 2.75) is 32.4 Å². The third-order valence-electron chi connectivity index (χ3n) is 2.77. The monoisotopic (exact) mass is 268 g/mol. The molecule has 1 fully saturated rings. The summed E-state index contributed by atoms with van der Waals surface area (Å²) < 4.78 is 0. The van der Waals surface area contributed by atoms with Gasteiger partial charge in [0.05, 0.1) is 6.04 Å². The number of hydrogen-bond donors (Lipinski definition) is 2. The van der Waals surface area contributed by atoms with E-state index >= 15 is 0 Å². The molecule has 3 amide bonds. The van der Waals surface area contributed by atoms with Crippen LogP contribution in [0.1, 0.15) is 20.3 Å². The topological polar surface area (TPSA) is 74.3 Å². The quantitative estimate of drug-likeness (QED) is 0.867. The largest absolute Gasteiger partial charge is 0.338 e. The molecule has 0 bridgehead atoms. The van der Waals surface area contributed by atoms with Crippen LogP contribution in [0.2, 0.25) is 0 Å². The molecule has 1 aromatic rings. The second-order valence-corrected chi connectivity index (χ2v) is 5.37. The Morgan fingerprint density at radius 1 is 1.61 bits per heavy atom. The molecule has 0 aliphatic carbocycles. The predicted octanol–water partition coefficient (Wildman–Crippen LogP) is 1.27. The highest BCUT2D eigenvalue weighted by Gasteiger charge is 2.31. The second-order valence-electron chi connectivity index (χ2n) is 4.48. The minimum absolute atomic E-state index is 0.0875. The number of hydrogen-bond acceptors (Lipinski definition) is 4. The van der Waals surface area contributed by atoms with E-state index in [1.807, 2.05) is 13.8 Å². The third kappa shape index (κ3) is 2.98. The molecule has 0 radical (unpaired) electrons. The molecule has 1 saturated heterocycles. The molecule has 0 saturated carbocycles. The second kappa shape index (κ2) is 5.34. The van der Waals surface area contributed by atoms with Gasteiger partial charge in [0.15, 0.2) is 5.13 Å². The van der Waals surface area contributed by atoms with Crippen LogP contribution < -0.4 is 10.6 Å². The van der Waals surface area contributed by atoms with E-state index in [-0.39, 0.29) is 24.0 Å². The van der Waals surface area contributed by atoms with Crippen molar-refractivity contribution in [2.75, 3.05) is 11.9 Å². The summed E-state index contributed by atoms with van der Waals surface area (Å²) in [5.74, 6) is 0.0875. The summed E-state index contributed by atoms with van der Waals surface area (Å²) in [5.41, 5.74) is 0. The Hall–Kier alpha value is -1.63. The Kier molecular flexibility index (Phi) is 3.81. The summed E-state index contributed by atoms with van der Waals surface area (Å²) in [5, 5.41) is 7.76. The van der Waals surface area contributed by atoms with Gasteiger partial charge in [0.2, 0.25) is 5.91 Å². The molecule has 1 aromatic heterocycles. The van der Waals surface area contributed by atoms with Crippen molar-refractivity contribution in [3.8, 4) is 0 Å². The molecule has 2 rings (SSSR count). The van der Waals surface area contributed by atoms with Crippen LogP contribution in [0, 0.1) is 0 Å². The fraction of sp³-hybridized carbons (Fsp3) is 0.545. The highest BCUT2D eigenvalue weighted by atomic mass is 32.1. The zero-order chi connectivity index (χ0) is 13.1. The van der Waals surface area contributed by atoms with E-state index in [4.69, 9.17) is 0 Å². The van der Waals surface area contributed by atoms with Crippen molar-refractivity contribution >= 4 is 28.4 Å². The van der Waals surface area contributed by atoms with E-state index in [0.717, 1.165) is 0 Å². The van der Waals surface area contributed by atoms with Gasteiger partial charge in [0.1, 0.15) is 0 Å². The maximum absolute atomic E-state index is 11.7. The number of nitrogens with one attached hydrogen (secondary N) is 2. The molecule has 2 N–H and O–H groups in total. The molecule has 98 valence electrons. The van der Waals surface area contributed by atoms with Gasteiger partial charge in [0.25, 0.3) is 0 Å². The summed E-state index contributed by atoms with van der Waals surface area (Å²) in [6, 6.07) is -0.264. The summed E-state index contributed by atoms with van der Waals surface area (Å²) in [4.78, 5) is 29.1. The van der Waals surface area contributed by atoms with Crippen molar-refractivity contribution in [1.82, 2.24) is 15.2 Å². The number of anilines is 1. The lowest BCUT2D eigenvalue weighted by molar-refractivity contribution is -0.129. The van der Waals surface area contributed by atoms with Gasteiger partial charge in [-0.3, -0.25) is 10.1 Å². The summed E-state index contributed by atoms with van der Waals surface area (Å²) in [7, 11) is 0. The van der Waals surface area contributed by atoms with Crippen LogP contribution in [0.25, 0.3) is 0 Å². The Morgan fingerprint density at radius 3 is 2.94 bits per heavy atom. The molecule has 6 nitrogen and oxygen atoms in total. The molecule has 7 heteroatoms. The zero-order valence-corrected chi connectivity index (χ0v) is 11.2. The molecule has 2 heterocycles. The molecule has 0 spiro atoms. The Balaban J connectivity index is 1.84. The van der Waals surface area contributed by atoms with Crippen molar-refractivity contribution in [3.63, 3.8) is 0 Å². The van der Waals surface area contributed by atoms with Crippen LogP contribution in [0.5, 0.6) is 0 Å². The smallest absolute Gasteiger partial charge is 0.321 e. The number of carbonyl (C=O) groups is 2. The highest BCUT2D eigenvalue weighted by molar-refractivity contribution is 7.13. The minimum atomic E-state index is -0.312. The van der Waals surface area contributed by atoms with E-state index in [1.165, 1.54) is 11.3 Å². The van der Waals surface area contributed by atoms with Gasteiger partial charge >= 0.3 is 6.03 Å². The van der Waals surface area contributed by atoms with Gasteiger partial charge in [0, 0.05) is 30.6 Å². The lowest BCUT2D eigenvalue weighted by Crippen LogP contribution is -2.40. The Bertz CT molecular complexity index is 432. The number of amides is 3. The van der Waals surface area contributed by atoms with Crippen molar-refractivity contribution in [1.29, 1.82) is 0 Å². The number of urea groups is 1. The van der Waals surface area contributed by atoms with Gasteiger partial charge in [-0.15, -0.1) is 11.3 Å². The molecular weight excluding hydrogens is 252 g/mol. The Morgan fingerprint density at radius 2 is 2.39 bits per heavy atom. The predicted molar refractivity (Wildman–Crippen MR) is 69.5 cm³/mol. The normalized spacial score (nSPS) is 19.4.